The van der Waals surface area contributed by atoms with Gasteiger partial charge in [0.2, 0.25) is 0 Å². The van der Waals surface area contributed by atoms with E-state index in [9.17, 15) is 4.79 Å². The molecule has 1 N–H and O–H groups in total. The van der Waals surface area contributed by atoms with Gasteiger partial charge in [-0.2, -0.15) is 5.10 Å². The quantitative estimate of drug-likeness (QED) is 0.839. The maximum Gasteiger partial charge on any atom is 0.274 e. The minimum Gasteiger partial charge on any atom is -0.497 e. The minimum atomic E-state index is 0.0428. The van der Waals surface area contributed by atoms with E-state index in [0.717, 1.165) is 57.9 Å². The normalized spacial score (nSPS) is 21.7. The molecule has 1 aromatic heterocycles. The van der Waals surface area contributed by atoms with Crippen LogP contribution in [0.3, 0.4) is 0 Å². The molecule has 2 saturated heterocycles. The zero-order valence-electron chi connectivity index (χ0n) is 17.4. The van der Waals surface area contributed by atoms with Crippen LogP contribution in [0.5, 0.6) is 5.75 Å². The maximum absolute atomic E-state index is 12.9. The Bertz CT molecular complexity index is 822. The van der Waals surface area contributed by atoms with Crippen molar-refractivity contribution in [3.8, 4) is 5.75 Å². The average Bonchev–Trinajstić information content (AvgIpc) is 3.29. The zero-order valence-corrected chi connectivity index (χ0v) is 17.4. The van der Waals surface area contributed by atoms with Crippen LogP contribution < -0.4 is 10.1 Å². The number of rotatable bonds is 5. The van der Waals surface area contributed by atoms with Crippen molar-refractivity contribution in [2.24, 2.45) is 0 Å². The van der Waals surface area contributed by atoms with Crippen molar-refractivity contribution in [2.45, 2.75) is 31.8 Å². The molecule has 2 fully saturated rings. The van der Waals surface area contributed by atoms with Crippen LogP contribution in [0, 0.1) is 0 Å². The van der Waals surface area contributed by atoms with E-state index in [1.54, 1.807) is 7.11 Å². The fourth-order valence-corrected chi connectivity index (χ4v) is 4.30. The van der Waals surface area contributed by atoms with Gasteiger partial charge < -0.3 is 15.0 Å². The summed E-state index contributed by atoms with van der Waals surface area (Å²) in [7, 11) is 1.69. The first-order valence-electron chi connectivity index (χ1n) is 10.6. The van der Waals surface area contributed by atoms with E-state index in [1.165, 1.54) is 5.56 Å². The first-order chi connectivity index (χ1) is 14.2. The highest BCUT2D eigenvalue weighted by Crippen LogP contribution is 2.25. The number of hydrogen-bond acceptors (Lipinski definition) is 5. The number of benzene rings is 1. The number of amides is 1. The lowest BCUT2D eigenvalue weighted by Gasteiger charge is -2.38. The van der Waals surface area contributed by atoms with Gasteiger partial charge in [-0.1, -0.05) is 12.1 Å². The molecule has 2 aromatic rings. The fourth-order valence-electron chi connectivity index (χ4n) is 4.30. The summed E-state index contributed by atoms with van der Waals surface area (Å²) in [5, 5.41) is 7.99. The van der Waals surface area contributed by atoms with E-state index in [4.69, 9.17) is 4.74 Å². The Kier molecular flexibility index (Phi) is 6.16. The van der Waals surface area contributed by atoms with E-state index in [1.807, 2.05) is 34.0 Å². The number of nitrogens with zero attached hydrogens (tertiary/aromatic N) is 4. The van der Waals surface area contributed by atoms with E-state index < -0.39 is 0 Å². The van der Waals surface area contributed by atoms with Crippen LogP contribution in [0.25, 0.3) is 0 Å². The molecule has 2 aliphatic rings. The van der Waals surface area contributed by atoms with Crippen LogP contribution in [0.2, 0.25) is 0 Å². The highest BCUT2D eigenvalue weighted by Gasteiger charge is 2.27. The summed E-state index contributed by atoms with van der Waals surface area (Å²) < 4.78 is 7.31. The van der Waals surface area contributed by atoms with Crippen molar-refractivity contribution in [3.05, 3.63) is 47.8 Å². The number of carbonyl (C=O) groups is 1. The molecule has 4 rings (SSSR count). The number of methoxy groups -OCH3 is 1. The molecule has 156 valence electrons. The summed E-state index contributed by atoms with van der Waals surface area (Å²) in [6, 6.07) is 10.7. The van der Waals surface area contributed by atoms with Crippen molar-refractivity contribution in [1.82, 2.24) is 24.9 Å². The Morgan fingerprint density at radius 1 is 1.24 bits per heavy atom. The van der Waals surface area contributed by atoms with Gasteiger partial charge in [-0.15, -0.1) is 0 Å². The number of aromatic nitrogens is 2. The van der Waals surface area contributed by atoms with Crippen molar-refractivity contribution in [2.75, 3.05) is 46.4 Å². The molecule has 0 saturated carbocycles. The average molecular weight is 398 g/mol. The lowest BCUT2D eigenvalue weighted by atomic mass is 10.1. The van der Waals surface area contributed by atoms with Gasteiger partial charge >= 0.3 is 0 Å². The Balaban J connectivity index is 1.34. The Hall–Kier alpha value is -2.38. The largest absolute Gasteiger partial charge is 0.497 e. The van der Waals surface area contributed by atoms with E-state index in [0.29, 0.717) is 17.8 Å². The molecule has 7 nitrogen and oxygen atoms in total. The lowest BCUT2D eigenvalue weighted by molar-refractivity contribution is 0.0575. The van der Waals surface area contributed by atoms with Gasteiger partial charge in [-0.25, -0.2) is 0 Å². The van der Waals surface area contributed by atoms with Crippen molar-refractivity contribution >= 4 is 5.91 Å². The summed E-state index contributed by atoms with van der Waals surface area (Å²) in [4.78, 5) is 17.3. The Labute approximate surface area is 172 Å². The molecule has 3 heterocycles. The smallest absolute Gasteiger partial charge is 0.274 e. The monoisotopic (exact) mass is 397 g/mol. The van der Waals surface area contributed by atoms with Crippen LogP contribution >= 0.6 is 0 Å². The second-order valence-corrected chi connectivity index (χ2v) is 7.96. The Morgan fingerprint density at radius 3 is 2.79 bits per heavy atom. The van der Waals surface area contributed by atoms with E-state index >= 15 is 0 Å². The number of hydrogen-bond donors (Lipinski definition) is 1. The summed E-state index contributed by atoms with van der Waals surface area (Å²) in [5.41, 5.74) is 1.80. The van der Waals surface area contributed by atoms with Gasteiger partial charge in [-0.05, 0) is 50.1 Å². The molecule has 0 aliphatic carbocycles. The first-order valence-corrected chi connectivity index (χ1v) is 10.6. The molecule has 0 spiro atoms. The van der Waals surface area contributed by atoms with Gasteiger partial charge in [0.15, 0.2) is 0 Å². The number of carbonyl (C=O) groups excluding carboxylic acids is 1. The third-order valence-corrected chi connectivity index (χ3v) is 6.20. The first kappa shape index (κ1) is 19.9. The molecule has 1 aromatic carbocycles. The summed E-state index contributed by atoms with van der Waals surface area (Å²) >= 11 is 0. The summed E-state index contributed by atoms with van der Waals surface area (Å²) in [5.74, 6) is 0.924. The van der Waals surface area contributed by atoms with Crippen LogP contribution in [0.1, 0.15) is 47.9 Å². The fraction of sp³-hybridized carbons (Fsp3) is 0.545. The molecule has 0 radical (unpaired) electrons. The highest BCUT2D eigenvalue weighted by atomic mass is 16.5. The predicted octanol–water partition coefficient (Wildman–Crippen LogP) is 2.34. The molecular weight excluding hydrogens is 366 g/mol. The number of ether oxygens (including phenoxy) is 1. The third-order valence-electron chi connectivity index (χ3n) is 6.20. The van der Waals surface area contributed by atoms with Crippen LogP contribution in [-0.4, -0.2) is 71.9 Å². The minimum absolute atomic E-state index is 0.0428. The van der Waals surface area contributed by atoms with Gasteiger partial charge in [0.1, 0.15) is 11.4 Å². The standard InChI is InChI=1S/C22H31N5O2/c1-17(18-5-3-7-20(15-18)29-2)25-11-13-26(14-12-25)22(28)21-8-10-27(24-21)19-6-4-9-23-16-19/h3,5,7-8,10,15,17,19,23H,4,6,9,11-14,16H2,1-2H3. The zero-order chi connectivity index (χ0) is 20.2. The van der Waals surface area contributed by atoms with Gasteiger partial charge in [0.05, 0.1) is 13.2 Å². The van der Waals surface area contributed by atoms with Crippen LogP contribution in [0.4, 0.5) is 0 Å². The maximum atomic E-state index is 12.9. The topological polar surface area (TPSA) is 62.6 Å². The van der Waals surface area contributed by atoms with Crippen molar-refractivity contribution < 1.29 is 9.53 Å². The molecule has 2 unspecified atom stereocenters. The van der Waals surface area contributed by atoms with Gasteiger partial charge in [0, 0.05) is 45.0 Å². The van der Waals surface area contributed by atoms with Crippen LogP contribution in [0.15, 0.2) is 36.5 Å². The number of piperazine rings is 1. The van der Waals surface area contributed by atoms with E-state index in [2.05, 4.69) is 34.4 Å². The molecule has 2 aliphatic heterocycles. The molecule has 0 bridgehead atoms. The van der Waals surface area contributed by atoms with E-state index in [-0.39, 0.29) is 5.91 Å². The highest BCUT2D eigenvalue weighted by molar-refractivity contribution is 5.92. The molecule has 1 amide bonds. The second-order valence-electron chi connectivity index (χ2n) is 7.96. The number of nitrogens with one attached hydrogen (secondary N) is 1. The Morgan fingerprint density at radius 2 is 2.07 bits per heavy atom. The van der Waals surface area contributed by atoms with Gasteiger partial charge in [0.25, 0.3) is 5.91 Å². The van der Waals surface area contributed by atoms with Crippen molar-refractivity contribution in [3.63, 3.8) is 0 Å². The molecule has 7 heteroatoms. The SMILES string of the molecule is COc1cccc(C(C)N2CCN(C(=O)c3ccn(C4CCCNC4)n3)CC2)c1. The molecular formula is C22H31N5O2. The van der Waals surface area contributed by atoms with Gasteiger partial charge in [-0.3, -0.25) is 14.4 Å². The van der Waals surface area contributed by atoms with Crippen LogP contribution in [-0.2, 0) is 0 Å². The molecule has 2 atom stereocenters. The predicted molar refractivity (Wildman–Crippen MR) is 112 cm³/mol. The van der Waals surface area contributed by atoms with Crippen molar-refractivity contribution in [1.29, 1.82) is 0 Å². The third kappa shape index (κ3) is 4.46. The summed E-state index contributed by atoms with van der Waals surface area (Å²) in [6.45, 7) is 7.38. The molecule has 29 heavy (non-hydrogen) atoms. The lowest BCUT2D eigenvalue weighted by Crippen LogP contribution is -2.49. The summed E-state index contributed by atoms with van der Waals surface area (Å²) in [6.07, 6.45) is 4.22. The number of piperidine rings is 1. The second kappa shape index (κ2) is 8.97.